The molecule has 0 radical (unpaired) electrons. The fourth-order valence-corrected chi connectivity index (χ4v) is 4.17. The number of carbonyl (C=O) groups is 2. The topological polar surface area (TPSA) is 76.1 Å². The SMILES string of the molecule is COc1ccc(CN2C(=O)C(O)(CC(=O)Cc3ccccc3)c3ccccc32)cc1OC. The fourth-order valence-electron chi connectivity index (χ4n) is 4.17. The molecule has 1 unspecified atom stereocenters. The van der Waals surface area contributed by atoms with Crippen LogP contribution in [0.25, 0.3) is 0 Å². The third-order valence-corrected chi connectivity index (χ3v) is 5.73. The number of methoxy groups -OCH3 is 2. The van der Waals surface area contributed by atoms with Gasteiger partial charge >= 0.3 is 0 Å². The van der Waals surface area contributed by atoms with Crippen LogP contribution in [-0.2, 0) is 28.2 Å². The minimum absolute atomic E-state index is 0.161. The first-order valence-corrected chi connectivity index (χ1v) is 10.4. The second kappa shape index (κ2) is 8.85. The molecule has 164 valence electrons. The molecule has 1 aliphatic heterocycles. The number of ketones is 1. The Kier molecular flexibility index (Phi) is 5.97. The molecule has 1 N–H and O–H groups in total. The predicted octanol–water partition coefficient (Wildman–Crippen LogP) is 3.64. The minimum atomic E-state index is -1.89. The Bertz CT molecular complexity index is 1140. The Labute approximate surface area is 187 Å². The molecule has 4 rings (SSSR count). The molecule has 0 aromatic heterocycles. The summed E-state index contributed by atoms with van der Waals surface area (Å²) < 4.78 is 10.6. The Balaban J connectivity index is 1.61. The number of carbonyl (C=O) groups excluding carboxylic acids is 2. The average molecular weight is 431 g/mol. The molecule has 6 heteroatoms. The lowest BCUT2D eigenvalue weighted by Gasteiger charge is -2.23. The number of benzene rings is 3. The zero-order chi connectivity index (χ0) is 22.7. The van der Waals surface area contributed by atoms with E-state index in [0.717, 1.165) is 11.1 Å². The number of nitrogens with zero attached hydrogens (tertiary/aromatic N) is 1. The first-order chi connectivity index (χ1) is 15.5. The fraction of sp³-hybridized carbons (Fsp3) is 0.231. The van der Waals surface area contributed by atoms with E-state index < -0.39 is 11.5 Å². The summed E-state index contributed by atoms with van der Waals surface area (Å²) in [6.45, 7) is 0.228. The molecule has 1 amide bonds. The van der Waals surface area contributed by atoms with Crippen LogP contribution < -0.4 is 14.4 Å². The quantitative estimate of drug-likeness (QED) is 0.589. The van der Waals surface area contributed by atoms with Gasteiger partial charge in [-0.1, -0.05) is 54.6 Å². The van der Waals surface area contributed by atoms with Gasteiger partial charge in [0.05, 0.1) is 26.5 Å². The molecule has 1 heterocycles. The number of rotatable bonds is 8. The van der Waals surface area contributed by atoms with E-state index in [1.807, 2.05) is 42.5 Å². The van der Waals surface area contributed by atoms with Gasteiger partial charge < -0.3 is 19.5 Å². The van der Waals surface area contributed by atoms with Crippen molar-refractivity contribution in [2.45, 2.75) is 25.0 Å². The zero-order valence-corrected chi connectivity index (χ0v) is 18.1. The van der Waals surface area contributed by atoms with E-state index >= 15 is 0 Å². The monoisotopic (exact) mass is 431 g/mol. The van der Waals surface area contributed by atoms with Crippen LogP contribution in [0.5, 0.6) is 11.5 Å². The van der Waals surface area contributed by atoms with E-state index in [1.54, 1.807) is 44.6 Å². The van der Waals surface area contributed by atoms with Crippen LogP contribution in [0.3, 0.4) is 0 Å². The van der Waals surface area contributed by atoms with Crippen molar-refractivity contribution in [2.75, 3.05) is 19.1 Å². The van der Waals surface area contributed by atoms with Gasteiger partial charge in [0.15, 0.2) is 17.1 Å². The van der Waals surface area contributed by atoms with Crippen LogP contribution >= 0.6 is 0 Å². The molecular weight excluding hydrogens is 406 g/mol. The summed E-state index contributed by atoms with van der Waals surface area (Å²) in [4.78, 5) is 27.7. The first kappa shape index (κ1) is 21.6. The summed E-state index contributed by atoms with van der Waals surface area (Å²) in [5, 5.41) is 11.4. The van der Waals surface area contributed by atoms with E-state index in [-0.39, 0.29) is 25.2 Å². The van der Waals surface area contributed by atoms with Gasteiger partial charge in [-0.2, -0.15) is 0 Å². The summed E-state index contributed by atoms with van der Waals surface area (Å²) in [7, 11) is 3.11. The second-order valence-electron chi connectivity index (χ2n) is 7.84. The summed E-state index contributed by atoms with van der Waals surface area (Å²) in [5.41, 5.74) is 0.820. The number of fused-ring (bicyclic) bond motifs is 1. The maximum atomic E-state index is 13.4. The van der Waals surface area contributed by atoms with Crippen LogP contribution in [0, 0.1) is 0 Å². The average Bonchev–Trinajstić information content (AvgIpc) is 3.01. The molecule has 0 saturated heterocycles. The van der Waals surface area contributed by atoms with Gasteiger partial charge in [-0.15, -0.1) is 0 Å². The van der Waals surface area contributed by atoms with Gasteiger partial charge in [0.25, 0.3) is 5.91 Å². The number of hydrogen-bond acceptors (Lipinski definition) is 5. The lowest BCUT2D eigenvalue weighted by Crippen LogP contribution is -2.41. The highest BCUT2D eigenvalue weighted by atomic mass is 16.5. The molecule has 3 aromatic rings. The van der Waals surface area contributed by atoms with E-state index in [1.165, 1.54) is 4.90 Å². The van der Waals surface area contributed by atoms with Gasteiger partial charge in [-0.25, -0.2) is 0 Å². The molecule has 6 nitrogen and oxygen atoms in total. The van der Waals surface area contributed by atoms with E-state index in [2.05, 4.69) is 0 Å². The molecule has 1 atom stereocenters. The zero-order valence-electron chi connectivity index (χ0n) is 18.1. The van der Waals surface area contributed by atoms with Gasteiger partial charge in [0, 0.05) is 18.4 Å². The molecule has 3 aromatic carbocycles. The standard InChI is InChI=1S/C26H25NO5/c1-31-23-13-12-19(15-24(23)32-2)17-27-22-11-7-6-10-21(22)26(30,25(27)29)16-20(28)14-18-8-4-3-5-9-18/h3-13,15,30H,14,16-17H2,1-2H3. The van der Waals surface area contributed by atoms with Crippen LogP contribution in [0.1, 0.15) is 23.1 Å². The number of hydrogen-bond donors (Lipinski definition) is 1. The third kappa shape index (κ3) is 3.97. The van der Waals surface area contributed by atoms with Crippen LogP contribution in [0.4, 0.5) is 5.69 Å². The van der Waals surface area contributed by atoms with E-state index in [0.29, 0.717) is 22.7 Å². The van der Waals surface area contributed by atoms with Gasteiger partial charge in [-0.05, 0) is 29.3 Å². The maximum Gasteiger partial charge on any atom is 0.264 e. The molecule has 0 bridgehead atoms. The maximum absolute atomic E-state index is 13.4. The van der Waals surface area contributed by atoms with Crippen molar-refractivity contribution >= 4 is 17.4 Å². The number of aliphatic hydroxyl groups is 1. The van der Waals surface area contributed by atoms with Crippen molar-refractivity contribution in [2.24, 2.45) is 0 Å². The van der Waals surface area contributed by atoms with Crippen molar-refractivity contribution in [1.82, 2.24) is 0 Å². The van der Waals surface area contributed by atoms with E-state index in [4.69, 9.17) is 9.47 Å². The predicted molar refractivity (Wildman–Crippen MR) is 121 cm³/mol. The van der Waals surface area contributed by atoms with E-state index in [9.17, 15) is 14.7 Å². The Morgan fingerprint density at radius 2 is 1.59 bits per heavy atom. The van der Waals surface area contributed by atoms with Crippen LogP contribution in [0.2, 0.25) is 0 Å². The number of ether oxygens (including phenoxy) is 2. The lowest BCUT2D eigenvalue weighted by atomic mass is 9.88. The van der Waals surface area contributed by atoms with Crippen molar-refractivity contribution in [3.63, 3.8) is 0 Å². The second-order valence-corrected chi connectivity index (χ2v) is 7.84. The highest BCUT2D eigenvalue weighted by molar-refractivity contribution is 6.08. The van der Waals surface area contributed by atoms with Gasteiger partial charge in [0.1, 0.15) is 5.78 Å². The van der Waals surface area contributed by atoms with Crippen molar-refractivity contribution in [3.05, 3.63) is 89.5 Å². The number of para-hydroxylation sites is 1. The van der Waals surface area contributed by atoms with Crippen molar-refractivity contribution in [1.29, 1.82) is 0 Å². The number of Topliss-reactive ketones (excluding diaryl/α,β-unsaturated/α-hetero) is 1. The van der Waals surface area contributed by atoms with Gasteiger partial charge in [0.2, 0.25) is 0 Å². The molecule has 0 spiro atoms. The van der Waals surface area contributed by atoms with Gasteiger partial charge in [-0.3, -0.25) is 9.59 Å². The first-order valence-electron chi connectivity index (χ1n) is 10.4. The van der Waals surface area contributed by atoms with Crippen LogP contribution in [-0.4, -0.2) is 31.0 Å². The molecule has 32 heavy (non-hydrogen) atoms. The Morgan fingerprint density at radius 3 is 2.31 bits per heavy atom. The summed E-state index contributed by atoms with van der Waals surface area (Å²) in [6, 6.07) is 21.8. The highest BCUT2D eigenvalue weighted by Gasteiger charge is 2.50. The Morgan fingerprint density at radius 1 is 0.906 bits per heavy atom. The summed E-state index contributed by atoms with van der Waals surface area (Å²) in [6.07, 6.45) is -0.117. The van der Waals surface area contributed by atoms with Crippen molar-refractivity contribution in [3.8, 4) is 11.5 Å². The number of amides is 1. The molecular formula is C26H25NO5. The molecule has 0 fully saturated rings. The van der Waals surface area contributed by atoms with Crippen molar-refractivity contribution < 1.29 is 24.2 Å². The van der Waals surface area contributed by atoms with Crippen LogP contribution in [0.15, 0.2) is 72.8 Å². The largest absolute Gasteiger partial charge is 0.493 e. The number of anilines is 1. The summed E-state index contributed by atoms with van der Waals surface area (Å²) in [5.74, 6) is 0.440. The normalized spacial score (nSPS) is 17.2. The molecule has 0 aliphatic carbocycles. The highest BCUT2D eigenvalue weighted by Crippen LogP contribution is 2.43. The smallest absolute Gasteiger partial charge is 0.264 e. The summed E-state index contributed by atoms with van der Waals surface area (Å²) >= 11 is 0. The molecule has 1 aliphatic rings. The molecule has 0 saturated carbocycles. The lowest BCUT2D eigenvalue weighted by molar-refractivity contribution is -0.141. The Hall–Kier alpha value is -3.64. The minimum Gasteiger partial charge on any atom is -0.493 e. The third-order valence-electron chi connectivity index (χ3n) is 5.73.